The van der Waals surface area contributed by atoms with Crippen LogP contribution in [0.4, 0.5) is 0 Å². The number of nitrogens with zero attached hydrogens (tertiary/aromatic N) is 2. The van der Waals surface area contributed by atoms with E-state index >= 15 is 0 Å². The third kappa shape index (κ3) is 12.9. The Morgan fingerprint density at radius 3 is 0.511 bits per heavy atom. The summed E-state index contributed by atoms with van der Waals surface area (Å²) in [6.45, 7) is 28.2. The summed E-state index contributed by atoms with van der Waals surface area (Å²) in [7, 11) is -14.4. The van der Waals surface area contributed by atoms with Gasteiger partial charge in [0.05, 0.1) is 0 Å². The predicted octanol–water partition coefficient (Wildman–Crippen LogP) is 4.16. The summed E-state index contributed by atoms with van der Waals surface area (Å²) in [6, 6.07) is 0. The standard InChI is InChI=1S/C27H66N2O12Si4/c1-13-30-42(31-14-2,32-15-3)28(43(33-16-4,34-17-5)35-18-6)26-25-27-29(44(36-19-7,37-20-8)38-21-9)45(39-22-10,40-23-11)41-24-12/h13-27H2,1-12H3. The van der Waals surface area contributed by atoms with E-state index in [2.05, 4.69) is 0 Å². The molecule has 0 aromatic rings. The predicted molar refractivity (Wildman–Crippen MR) is 181 cm³/mol. The average molecular weight is 723 g/mol. The molecule has 0 bridgehead atoms. The Bertz CT molecular complexity index is 547. The summed E-state index contributed by atoms with van der Waals surface area (Å²) >= 11 is 0. The molecule has 0 N–H and O–H groups in total. The fourth-order valence-electron chi connectivity index (χ4n) is 4.89. The monoisotopic (exact) mass is 722 g/mol. The highest BCUT2D eigenvalue weighted by Gasteiger charge is 2.66. The van der Waals surface area contributed by atoms with Gasteiger partial charge >= 0.3 is 35.9 Å². The summed E-state index contributed by atoms with van der Waals surface area (Å²) in [5, 5.41) is 0. The molecule has 0 amide bonds. The summed E-state index contributed by atoms with van der Waals surface area (Å²) in [5.41, 5.74) is 0. The first-order valence-electron chi connectivity index (χ1n) is 16.9. The molecule has 0 heterocycles. The highest BCUT2D eigenvalue weighted by Crippen LogP contribution is 2.30. The zero-order chi connectivity index (χ0) is 34.2. The topological polar surface area (TPSA) is 117 Å². The molecule has 0 aromatic heterocycles. The molecule has 0 rings (SSSR count). The second-order valence-electron chi connectivity index (χ2n) is 8.95. The van der Waals surface area contributed by atoms with E-state index in [4.69, 9.17) is 53.1 Å². The van der Waals surface area contributed by atoms with Crippen molar-refractivity contribution >= 4 is 35.9 Å². The lowest BCUT2D eigenvalue weighted by Crippen LogP contribution is -2.76. The van der Waals surface area contributed by atoms with E-state index in [0.29, 0.717) is 98.8 Å². The molecule has 45 heavy (non-hydrogen) atoms. The third-order valence-electron chi connectivity index (χ3n) is 6.01. The molecule has 0 aliphatic rings. The van der Waals surface area contributed by atoms with Crippen LogP contribution >= 0.6 is 0 Å². The zero-order valence-corrected chi connectivity index (χ0v) is 34.4. The third-order valence-corrected chi connectivity index (χ3v) is 20.7. The molecule has 0 radical (unpaired) electrons. The quantitative estimate of drug-likeness (QED) is 0.0926. The molecule has 0 aromatic carbocycles. The highest BCUT2D eigenvalue weighted by molar-refractivity contribution is 6.75. The van der Waals surface area contributed by atoms with Crippen LogP contribution in [0.2, 0.25) is 0 Å². The lowest BCUT2D eigenvalue weighted by atomic mass is 10.4. The van der Waals surface area contributed by atoms with E-state index in [9.17, 15) is 0 Å². The van der Waals surface area contributed by atoms with Gasteiger partial charge in [-0.15, -0.1) is 0 Å². The van der Waals surface area contributed by atoms with Crippen LogP contribution < -0.4 is 0 Å². The Morgan fingerprint density at radius 2 is 0.400 bits per heavy atom. The van der Waals surface area contributed by atoms with E-state index in [1.165, 1.54) is 0 Å². The fraction of sp³-hybridized carbons (Fsp3) is 1.00. The molecule has 14 nitrogen and oxygen atoms in total. The van der Waals surface area contributed by atoms with Gasteiger partial charge in [-0.3, -0.25) is 0 Å². The summed E-state index contributed by atoms with van der Waals surface area (Å²) in [4.78, 5) is 0. The Labute approximate surface area is 278 Å². The van der Waals surface area contributed by atoms with E-state index < -0.39 is 35.9 Å². The van der Waals surface area contributed by atoms with Crippen molar-refractivity contribution in [2.45, 2.75) is 89.5 Å². The van der Waals surface area contributed by atoms with Crippen LogP contribution in [0.3, 0.4) is 0 Å². The number of hydrogen-bond acceptors (Lipinski definition) is 14. The maximum absolute atomic E-state index is 6.41. The molecule has 0 saturated heterocycles. The molecular formula is C27H66N2O12Si4. The SMILES string of the molecule is CCO[Si](OCC)(OCC)N(CCCN([Si](OCC)(OCC)OCC)[Si](OCC)(OCC)OCC)[Si](OCC)(OCC)OCC. The normalized spacial score (nSPS) is 13.5. The summed E-state index contributed by atoms with van der Waals surface area (Å²) < 4.78 is 80.9. The minimum absolute atomic E-state index is 0.369. The van der Waals surface area contributed by atoms with Gasteiger partial charge in [-0.2, -0.15) is 0 Å². The molecule has 0 saturated carbocycles. The number of hydrogen-bond donors (Lipinski definition) is 0. The van der Waals surface area contributed by atoms with Crippen molar-refractivity contribution in [3.63, 3.8) is 0 Å². The van der Waals surface area contributed by atoms with Gasteiger partial charge in [0.2, 0.25) is 0 Å². The van der Waals surface area contributed by atoms with Crippen molar-refractivity contribution in [2.75, 3.05) is 92.4 Å². The zero-order valence-electron chi connectivity index (χ0n) is 30.4. The van der Waals surface area contributed by atoms with Crippen LogP contribution in [0.5, 0.6) is 0 Å². The molecular weight excluding hydrogens is 657 g/mol. The molecule has 18 heteroatoms. The first kappa shape index (κ1) is 45.3. The first-order chi connectivity index (χ1) is 21.7. The first-order valence-corrected chi connectivity index (χ1v) is 23.6. The number of rotatable bonds is 32. The van der Waals surface area contributed by atoms with Gasteiger partial charge in [0.1, 0.15) is 0 Å². The molecule has 0 fully saturated rings. The van der Waals surface area contributed by atoms with Gasteiger partial charge in [0, 0.05) is 79.3 Å². The van der Waals surface area contributed by atoms with Crippen LogP contribution in [0.25, 0.3) is 0 Å². The summed E-state index contributed by atoms with van der Waals surface area (Å²) in [6.07, 6.45) is 0.508. The van der Waals surface area contributed by atoms with Crippen molar-refractivity contribution in [1.29, 1.82) is 0 Å². The molecule has 0 aliphatic heterocycles. The molecule has 0 atom stereocenters. The highest BCUT2D eigenvalue weighted by atomic mass is 28.5. The van der Waals surface area contributed by atoms with Crippen LogP contribution in [0, 0.1) is 0 Å². The molecule has 0 spiro atoms. The van der Waals surface area contributed by atoms with Crippen molar-refractivity contribution in [3.05, 3.63) is 0 Å². The smallest absolute Gasteiger partial charge is 0.362 e. The van der Waals surface area contributed by atoms with Gasteiger partial charge in [0.25, 0.3) is 0 Å². The maximum Gasteiger partial charge on any atom is 0.598 e. The van der Waals surface area contributed by atoms with Crippen LogP contribution in [0.1, 0.15) is 89.5 Å². The molecule has 0 unspecified atom stereocenters. The Morgan fingerprint density at radius 1 is 0.267 bits per heavy atom. The van der Waals surface area contributed by atoms with E-state index in [1.54, 1.807) is 0 Å². The largest absolute Gasteiger partial charge is 0.598 e. The van der Waals surface area contributed by atoms with Crippen LogP contribution in [-0.2, 0) is 53.1 Å². The van der Waals surface area contributed by atoms with Gasteiger partial charge in [-0.05, 0) is 103 Å². The van der Waals surface area contributed by atoms with Gasteiger partial charge in [-0.25, -0.2) is 8.46 Å². The Kier molecular flexibility index (Phi) is 25.5. The van der Waals surface area contributed by atoms with E-state index in [1.807, 2.05) is 91.5 Å². The van der Waals surface area contributed by atoms with Gasteiger partial charge in [0.15, 0.2) is 0 Å². The van der Waals surface area contributed by atoms with Crippen LogP contribution in [-0.4, -0.2) is 137 Å². The van der Waals surface area contributed by atoms with E-state index in [0.717, 1.165) is 0 Å². The lowest BCUT2D eigenvalue weighted by molar-refractivity contribution is -0.0248. The van der Waals surface area contributed by atoms with Crippen molar-refractivity contribution in [1.82, 2.24) is 8.46 Å². The van der Waals surface area contributed by atoms with Crippen molar-refractivity contribution < 1.29 is 53.1 Å². The average Bonchev–Trinajstić information content (AvgIpc) is 2.98. The second kappa shape index (κ2) is 25.3. The van der Waals surface area contributed by atoms with Crippen molar-refractivity contribution in [3.8, 4) is 0 Å². The van der Waals surface area contributed by atoms with Gasteiger partial charge < -0.3 is 53.1 Å². The van der Waals surface area contributed by atoms with Crippen molar-refractivity contribution in [2.24, 2.45) is 0 Å². The second-order valence-corrected chi connectivity index (χ2v) is 19.7. The summed E-state index contributed by atoms with van der Waals surface area (Å²) in [5.74, 6) is 0. The molecule has 272 valence electrons. The van der Waals surface area contributed by atoms with Crippen LogP contribution in [0.15, 0.2) is 0 Å². The minimum Gasteiger partial charge on any atom is -0.362 e. The lowest BCUT2D eigenvalue weighted by Gasteiger charge is -2.46. The maximum atomic E-state index is 6.41. The Balaban J connectivity index is 7.31. The van der Waals surface area contributed by atoms with E-state index in [-0.39, 0.29) is 0 Å². The van der Waals surface area contributed by atoms with Gasteiger partial charge in [-0.1, -0.05) is 0 Å². The minimum atomic E-state index is -3.59. The Hall–Kier alpha value is 0.308. The fourth-order valence-corrected chi connectivity index (χ4v) is 18.9. The molecule has 0 aliphatic carbocycles.